The van der Waals surface area contributed by atoms with E-state index < -0.39 is 25.2 Å². The van der Waals surface area contributed by atoms with E-state index in [2.05, 4.69) is 20.4 Å². The highest BCUT2D eigenvalue weighted by Crippen LogP contribution is 2.41. The number of carbonyl (C=O) groups is 1. The van der Waals surface area contributed by atoms with Gasteiger partial charge in [0.15, 0.2) is 0 Å². The summed E-state index contributed by atoms with van der Waals surface area (Å²) in [6, 6.07) is 17.7. The Bertz CT molecular complexity index is 1310. The van der Waals surface area contributed by atoms with Gasteiger partial charge in [-0.15, -0.1) is 0 Å². The van der Waals surface area contributed by atoms with Crippen LogP contribution in [0.5, 0.6) is 5.88 Å². The van der Waals surface area contributed by atoms with E-state index in [9.17, 15) is 14.5 Å². The standard InChI is InChI=1S/C24H24N5O4P/c1-3-33-34(2,32)19-12-10-18(11-13-19)21(17-8-5-4-6-9-17)27-22(30)20-16-25-24(28-23(20)31)29-15-7-14-26-29/h4-16,21H,3H2,1-2H3,(H,27,30)(H,25,28,31). The number of nitrogens with one attached hydrogen (secondary N) is 1. The van der Waals surface area contributed by atoms with Crippen molar-refractivity contribution in [3.8, 4) is 11.8 Å². The second-order valence-electron chi connectivity index (χ2n) is 7.53. The molecule has 10 heteroatoms. The lowest BCUT2D eigenvalue weighted by Gasteiger charge is -2.21. The van der Waals surface area contributed by atoms with Gasteiger partial charge in [-0.1, -0.05) is 42.5 Å². The van der Waals surface area contributed by atoms with Crippen LogP contribution < -0.4 is 10.6 Å². The zero-order chi connectivity index (χ0) is 24.1. The molecule has 4 aromatic rings. The highest BCUT2D eigenvalue weighted by Gasteiger charge is 2.23. The molecule has 0 fully saturated rings. The maximum atomic E-state index is 13.1. The molecule has 9 nitrogen and oxygen atoms in total. The topological polar surface area (TPSA) is 119 Å². The van der Waals surface area contributed by atoms with Crippen molar-refractivity contribution >= 4 is 18.6 Å². The molecule has 0 saturated carbocycles. The van der Waals surface area contributed by atoms with Crippen LogP contribution in [-0.4, -0.2) is 44.0 Å². The lowest BCUT2D eigenvalue weighted by molar-refractivity contribution is 0.0939. The lowest BCUT2D eigenvalue weighted by Crippen LogP contribution is -2.30. The summed E-state index contributed by atoms with van der Waals surface area (Å²) in [6.45, 7) is 3.73. The predicted octanol–water partition coefficient (Wildman–Crippen LogP) is 3.46. The molecule has 0 bridgehead atoms. The van der Waals surface area contributed by atoms with Crippen LogP contribution in [0.1, 0.15) is 34.5 Å². The van der Waals surface area contributed by atoms with Crippen molar-refractivity contribution < 1.29 is 19.0 Å². The fourth-order valence-corrected chi connectivity index (χ4v) is 4.83. The van der Waals surface area contributed by atoms with Gasteiger partial charge in [0.25, 0.3) is 11.9 Å². The summed E-state index contributed by atoms with van der Waals surface area (Å²) >= 11 is 0. The number of rotatable bonds is 8. The van der Waals surface area contributed by atoms with Gasteiger partial charge in [0.1, 0.15) is 5.56 Å². The van der Waals surface area contributed by atoms with Crippen molar-refractivity contribution in [2.75, 3.05) is 13.3 Å². The number of benzene rings is 2. The van der Waals surface area contributed by atoms with Gasteiger partial charge in [0, 0.05) is 30.6 Å². The van der Waals surface area contributed by atoms with Gasteiger partial charge in [-0.05, 0) is 36.2 Å². The molecule has 2 aromatic heterocycles. The Morgan fingerprint density at radius 3 is 2.44 bits per heavy atom. The number of aromatic nitrogens is 4. The molecule has 2 N–H and O–H groups in total. The Labute approximate surface area is 196 Å². The summed E-state index contributed by atoms with van der Waals surface area (Å²) in [7, 11) is -2.92. The van der Waals surface area contributed by atoms with Crippen LogP contribution in [0.2, 0.25) is 0 Å². The summed E-state index contributed by atoms with van der Waals surface area (Å²) in [5, 5.41) is 17.9. The molecule has 0 saturated heterocycles. The molecule has 2 atom stereocenters. The van der Waals surface area contributed by atoms with Crippen LogP contribution in [0.25, 0.3) is 5.95 Å². The SMILES string of the molecule is CCOP(C)(=O)c1ccc(C(NC(=O)c2cnc(-n3cccn3)nc2O)c2ccccc2)cc1. The Morgan fingerprint density at radius 1 is 1.12 bits per heavy atom. The van der Waals surface area contributed by atoms with Crippen molar-refractivity contribution in [1.82, 2.24) is 25.1 Å². The van der Waals surface area contributed by atoms with Crippen LogP contribution in [-0.2, 0) is 9.09 Å². The Kier molecular flexibility index (Phi) is 6.86. The molecule has 0 spiro atoms. The van der Waals surface area contributed by atoms with E-state index >= 15 is 0 Å². The fourth-order valence-electron chi connectivity index (χ4n) is 3.49. The summed E-state index contributed by atoms with van der Waals surface area (Å²) in [6.07, 6.45) is 4.45. The van der Waals surface area contributed by atoms with E-state index in [4.69, 9.17) is 4.52 Å². The molecule has 1 amide bonds. The van der Waals surface area contributed by atoms with Crippen LogP contribution in [0.3, 0.4) is 0 Å². The molecule has 4 rings (SSSR count). The van der Waals surface area contributed by atoms with Gasteiger partial charge in [0.2, 0.25) is 13.2 Å². The third-order valence-electron chi connectivity index (χ3n) is 5.19. The highest BCUT2D eigenvalue weighted by molar-refractivity contribution is 7.66. The Hall–Kier alpha value is -3.81. The largest absolute Gasteiger partial charge is 0.493 e. The number of aromatic hydroxyl groups is 1. The minimum atomic E-state index is -2.92. The third-order valence-corrected chi connectivity index (χ3v) is 7.18. The van der Waals surface area contributed by atoms with Crippen LogP contribution >= 0.6 is 7.37 Å². The second-order valence-corrected chi connectivity index (χ2v) is 10.00. The molecule has 2 aromatic carbocycles. The zero-order valence-corrected chi connectivity index (χ0v) is 19.6. The molecule has 34 heavy (non-hydrogen) atoms. The maximum absolute atomic E-state index is 13.1. The summed E-state index contributed by atoms with van der Waals surface area (Å²) < 4.78 is 19.5. The first kappa shape index (κ1) is 23.4. The first-order valence-corrected chi connectivity index (χ1v) is 12.7. The Balaban J connectivity index is 1.63. The molecule has 2 heterocycles. The van der Waals surface area contributed by atoms with Crippen molar-refractivity contribution in [3.05, 3.63) is 95.9 Å². The van der Waals surface area contributed by atoms with Crippen LogP contribution in [0.4, 0.5) is 0 Å². The first-order valence-electron chi connectivity index (χ1n) is 10.6. The molecular weight excluding hydrogens is 453 g/mol. The van der Waals surface area contributed by atoms with Gasteiger partial charge in [0.05, 0.1) is 12.6 Å². The van der Waals surface area contributed by atoms with Gasteiger partial charge in [-0.3, -0.25) is 9.36 Å². The first-order chi connectivity index (χ1) is 16.4. The summed E-state index contributed by atoms with van der Waals surface area (Å²) in [5.41, 5.74) is 1.54. The zero-order valence-electron chi connectivity index (χ0n) is 18.7. The van der Waals surface area contributed by atoms with Gasteiger partial charge >= 0.3 is 0 Å². The van der Waals surface area contributed by atoms with Crippen molar-refractivity contribution in [2.45, 2.75) is 13.0 Å². The van der Waals surface area contributed by atoms with E-state index in [1.165, 1.54) is 10.9 Å². The molecule has 0 radical (unpaired) electrons. The molecule has 0 aliphatic rings. The number of carbonyl (C=O) groups excluding carboxylic acids is 1. The van der Waals surface area contributed by atoms with E-state index in [1.807, 2.05) is 30.3 Å². The molecule has 0 aliphatic heterocycles. The minimum absolute atomic E-state index is 0.0668. The Morgan fingerprint density at radius 2 is 1.82 bits per heavy atom. The monoisotopic (exact) mass is 477 g/mol. The normalized spacial score (nSPS) is 13.7. The average molecular weight is 477 g/mol. The highest BCUT2D eigenvalue weighted by atomic mass is 31.2. The van der Waals surface area contributed by atoms with Crippen molar-refractivity contribution in [3.63, 3.8) is 0 Å². The van der Waals surface area contributed by atoms with E-state index in [0.717, 1.165) is 11.1 Å². The fraction of sp³-hybridized carbons (Fsp3) is 0.167. The van der Waals surface area contributed by atoms with Crippen LogP contribution in [0, 0.1) is 0 Å². The van der Waals surface area contributed by atoms with E-state index in [0.29, 0.717) is 11.9 Å². The summed E-state index contributed by atoms with van der Waals surface area (Å²) in [4.78, 5) is 21.2. The molecule has 0 aliphatic carbocycles. The number of nitrogens with zero attached hydrogens (tertiary/aromatic N) is 4. The second kappa shape index (κ2) is 9.99. The van der Waals surface area contributed by atoms with Crippen LogP contribution in [0.15, 0.2) is 79.3 Å². The van der Waals surface area contributed by atoms with Crippen molar-refractivity contribution in [2.24, 2.45) is 0 Å². The number of hydrogen-bond donors (Lipinski definition) is 2. The predicted molar refractivity (Wildman–Crippen MR) is 128 cm³/mol. The summed E-state index contributed by atoms with van der Waals surface area (Å²) in [5.74, 6) is -0.853. The van der Waals surface area contributed by atoms with Crippen molar-refractivity contribution in [1.29, 1.82) is 0 Å². The number of hydrogen-bond acceptors (Lipinski definition) is 7. The van der Waals surface area contributed by atoms with E-state index in [1.54, 1.807) is 56.3 Å². The molecule has 174 valence electrons. The smallest absolute Gasteiger partial charge is 0.259 e. The average Bonchev–Trinajstić information content (AvgIpc) is 3.38. The van der Waals surface area contributed by atoms with Gasteiger partial charge in [-0.25, -0.2) is 9.67 Å². The minimum Gasteiger partial charge on any atom is -0.493 e. The van der Waals surface area contributed by atoms with Gasteiger partial charge in [-0.2, -0.15) is 10.1 Å². The maximum Gasteiger partial charge on any atom is 0.259 e. The number of amides is 1. The van der Waals surface area contributed by atoms with Gasteiger partial charge < -0.3 is 14.9 Å². The molecular formula is C24H24N5O4P. The quantitative estimate of drug-likeness (QED) is 0.373. The lowest BCUT2D eigenvalue weighted by atomic mass is 9.98. The molecule has 2 unspecified atom stereocenters. The van der Waals surface area contributed by atoms with E-state index in [-0.39, 0.29) is 11.5 Å². The third kappa shape index (κ3) is 5.06.